The lowest BCUT2D eigenvalue weighted by Gasteiger charge is -2.31. The lowest BCUT2D eigenvalue weighted by atomic mass is 10.0. The first kappa shape index (κ1) is 14.3. The van der Waals surface area contributed by atoms with E-state index in [4.69, 9.17) is 0 Å². The molecule has 108 valence electrons. The van der Waals surface area contributed by atoms with Gasteiger partial charge in [-0.15, -0.1) is 0 Å². The van der Waals surface area contributed by atoms with E-state index in [-0.39, 0.29) is 17.7 Å². The molecule has 5 nitrogen and oxygen atoms in total. The van der Waals surface area contributed by atoms with Gasteiger partial charge in [-0.25, -0.2) is 0 Å². The molecule has 0 spiro atoms. The Kier molecular flexibility index (Phi) is 4.80. The van der Waals surface area contributed by atoms with Crippen molar-refractivity contribution >= 4 is 11.8 Å². The van der Waals surface area contributed by atoms with Gasteiger partial charge in [0, 0.05) is 25.6 Å². The monoisotopic (exact) mass is 267 g/mol. The van der Waals surface area contributed by atoms with Crippen LogP contribution in [-0.2, 0) is 9.59 Å². The summed E-state index contributed by atoms with van der Waals surface area (Å²) in [5.74, 6) is 0.351. The van der Waals surface area contributed by atoms with Crippen molar-refractivity contribution in [1.29, 1.82) is 0 Å². The predicted molar refractivity (Wildman–Crippen MR) is 73.6 cm³/mol. The average Bonchev–Trinajstić information content (AvgIpc) is 3.00. The van der Waals surface area contributed by atoms with Crippen LogP contribution < -0.4 is 10.6 Å². The van der Waals surface area contributed by atoms with Crippen LogP contribution in [0.1, 0.15) is 33.1 Å². The number of amides is 2. The van der Waals surface area contributed by atoms with Crippen LogP contribution in [0, 0.1) is 11.8 Å². The second-order valence-electron chi connectivity index (χ2n) is 6.00. The second-order valence-corrected chi connectivity index (χ2v) is 6.00. The van der Waals surface area contributed by atoms with Crippen molar-refractivity contribution < 1.29 is 9.59 Å². The molecule has 2 saturated heterocycles. The van der Waals surface area contributed by atoms with Crippen LogP contribution in [0.5, 0.6) is 0 Å². The van der Waals surface area contributed by atoms with Gasteiger partial charge in [0.25, 0.3) is 0 Å². The van der Waals surface area contributed by atoms with Gasteiger partial charge in [0.05, 0.1) is 5.92 Å². The first-order valence-electron chi connectivity index (χ1n) is 7.36. The van der Waals surface area contributed by atoms with Crippen LogP contribution in [-0.4, -0.2) is 48.9 Å². The molecule has 0 saturated carbocycles. The molecule has 2 aliphatic rings. The summed E-state index contributed by atoms with van der Waals surface area (Å²) in [7, 11) is 0. The lowest BCUT2D eigenvalue weighted by Crippen LogP contribution is -2.47. The molecule has 2 N–H and O–H groups in total. The molecule has 2 fully saturated rings. The maximum Gasteiger partial charge on any atom is 0.225 e. The topological polar surface area (TPSA) is 61.4 Å². The molecule has 2 rings (SSSR count). The van der Waals surface area contributed by atoms with Gasteiger partial charge in [0.15, 0.2) is 0 Å². The Morgan fingerprint density at radius 2 is 2.11 bits per heavy atom. The normalized spacial score (nSPS) is 25.6. The minimum atomic E-state index is -0.182. The lowest BCUT2D eigenvalue weighted by molar-refractivity contribution is -0.126. The van der Waals surface area contributed by atoms with Gasteiger partial charge in [0.2, 0.25) is 11.8 Å². The largest absolute Gasteiger partial charge is 0.355 e. The summed E-state index contributed by atoms with van der Waals surface area (Å²) in [5, 5.41) is 5.74. The molecule has 0 radical (unpaired) electrons. The van der Waals surface area contributed by atoms with Gasteiger partial charge in [-0.1, -0.05) is 13.8 Å². The summed E-state index contributed by atoms with van der Waals surface area (Å²) in [6.45, 7) is 7.87. The maximum absolute atomic E-state index is 12.0. The number of hydrogen-bond donors (Lipinski definition) is 2. The van der Waals surface area contributed by atoms with Crippen LogP contribution >= 0.6 is 0 Å². The first-order chi connectivity index (χ1) is 9.08. The Balaban J connectivity index is 1.81. The zero-order valence-corrected chi connectivity index (χ0v) is 11.9. The van der Waals surface area contributed by atoms with Gasteiger partial charge in [-0.3, -0.25) is 14.5 Å². The summed E-state index contributed by atoms with van der Waals surface area (Å²) in [4.78, 5) is 25.6. The van der Waals surface area contributed by atoms with Crippen molar-refractivity contribution in [3.05, 3.63) is 0 Å². The number of nitrogens with one attached hydrogen (secondary N) is 2. The molecule has 2 atom stereocenters. The van der Waals surface area contributed by atoms with E-state index >= 15 is 0 Å². The van der Waals surface area contributed by atoms with Crippen molar-refractivity contribution in [2.75, 3.05) is 26.2 Å². The minimum Gasteiger partial charge on any atom is -0.355 e. The van der Waals surface area contributed by atoms with Crippen LogP contribution in [0.4, 0.5) is 0 Å². The summed E-state index contributed by atoms with van der Waals surface area (Å²) in [6, 6.07) is 0.413. The molecule has 19 heavy (non-hydrogen) atoms. The summed E-state index contributed by atoms with van der Waals surface area (Å²) >= 11 is 0. The van der Waals surface area contributed by atoms with E-state index in [2.05, 4.69) is 29.4 Å². The molecule has 0 aromatic carbocycles. The number of carbonyl (C=O) groups is 2. The highest BCUT2D eigenvalue weighted by molar-refractivity contribution is 5.89. The van der Waals surface area contributed by atoms with E-state index in [0.29, 0.717) is 31.5 Å². The standard InChI is InChI=1S/C14H25N3O2/c1-10(2)12(17-5-3-4-6-17)9-16-14(19)11-7-13(18)15-8-11/h10-12H,3-9H2,1-2H3,(H,15,18)(H,16,19). The Morgan fingerprint density at radius 1 is 1.42 bits per heavy atom. The predicted octanol–water partition coefficient (Wildman–Crippen LogP) is 0.359. The average molecular weight is 267 g/mol. The molecule has 0 aromatic rings. The second kappa shape index (κ2) is 6.37. The highest BCUT2D eigenvalue weighted by atomic mass is 16.2. The quantitative estimate of drug-likeness (QED) is 0.756. The maximum atomic E-state index is 12.0. The van der Waals surface area contributed by atoms with Crippen molar-refractivity contribution in [3.8, 4) is 0 Å². The Labute approximate surface area is 115 Å². The molecule has 2 heterocycles. The zero-order valence-electron chi connectivity index (χ0n) is 11.9. The van der Waals surface area contributed by atoms with Crippen LogP contribution in [0.2, 0.25) is 0 Å². The first-order valence-corrected chi connectivity index (χ1v) is 7.36. The van der Waals surface area contributed by atoms with E-state index in [1.54, 1.807) is 0 Å². The third-order valence-corrected chi connectivity index (χ3v) is 4.21. The SMILES string of the molecule is CC(C)C(CNC(=O)C1CNC(=O)C1)N1CCCC1. The highest BCUT2D eigenvalue weighted by Gasteiger charge is 2.30. The van der Waals surface area contributed by atoms with Crippen molar-refractivity contribution in [2.45, 2.75) is 39.2 Å². The number of nitrogens with zero attached hydrogens (tertiary/aromatic N) is 1. The Hall–Kier alpha value is -1.10. The van der Waals surface area contributed by atoms with E-state index in [1.807, 2.05) is 0 Å². The van der Waals surface area contributed by atoms with Gasteiger partial charge >= 0.3 is 0 Å². The summed E-state index contributed by atoms with van der Waals surface area (Å²) in [5.41, 5.74) is 0. The van der Waals surface area contributed by atoms with Crippen molar-refractivity contribution in [2.24, 2.45) is 11.8 Å². The number of hydrogen-bond acceptors (Lipinski definition) is 3. The molecule has 0 bridgehead atoms. The third kappa shape index (κ3) is 3.69. The fourth-order valence-electron chi connectivity index (χ4n) is 3.00. The molecule has 2 unspecified atom stereocenters. The van der Waals surface area contributed by atoms with E-state index < -0.39 is 0 Å². The molecule has 2 amide bonds. The molecule has 0 aliphatic carbocycles. The van der Waals surface area contributed by atoms with Gasteiger partial charge in [0.1, 0.15) is 0 Å². The Bertz CT molecular complexity index is 338. The van der Waals surface area contributed by atoms with E-state index in [1.165, 1.54) is 12.8 Å². The summed E-state index contributed by atoms with van der Waals surface area (Å²) < 4.78 is 0. The number of carbonyl (C=O) groups excluding carboxylic acids is 2. The smallest absolute Gasteiger partial charge is 0.225 e. The minimum absolute atomic E-state index is 0.0138. The van der Waals surface area contributed by atoms with Crippen molar-refractivity contribution in [3.63, 3.8) is 0 Å². The fraction of sp³-hybridized carbons (Fsp3) is 0.857. The zero-order chi connectivity index (χ0) is 13.8. The van der Waals surface area contributed by atoms with Gasteiger partial charge in [-0.2, -0.15) is 0 Å². The van der Waals surface area contributed by atoms with Gasteiger partial charge in [-0.05, 0) is 31.8 Å². The van der Waals surface area contributed by atoms with Gasteiger partial charge < -0.3 is 10.6 Å². The van der Waals surface area contributed by atoms with E-state index in [0.717, 1.165) is 13.1 Å². The molecule has 0 aromatic heterocycles. The molecular formula is C14H25N3O2. The fourth-order valence-corrected chi connectivity index (χ4v) is 3.00. The Morgan fingerprint density at radius 3 is 2.63 bits per heavy atom. The highest BCUT2D eigenvalue weighted by Crippen LogP contribution is 2.17. The summed E-state index contributed by atoms with van der Waals surface area (Å²) in [6.07, 6.45) is 2.86. The molecule has 5 heteroatoms. The van der Waals surface area contributed by atoms with Crippen LogP contribution in [0.3, 0.4) is 0 Å². The third-order valence-electron chi connectivity index (χ3n) is 4.21. The molecular weight excluding hydrogens is 242 g/mol. The van der Waals surface area contributed by atoms with Crippen LogP contribution in [0.25, 0.3) is 0 Å². The number of likely N-dealkylation sites (tertiary alicyclic amines) is 1. The van der Waals surface area contributed by atoms with E-state index in [9.17, 15) is 9.59 Å². The van der Waals surface area contributed by atoms with Crippen LogP contribution in [0.15, 0.2) is 0 Å². The number of rotatable bonds is 5. The molecule has 2 aliphatic heterocycles. The van der Waals surface area contributed by atoms with Crippen molar-refractivity contribution in [1.82, 2.24) is 15.5 Å².